The lowest BCUT2D eigenvalue weighted by atomic mass is 9.83. The second-order valence-corrected chi connectivity index (χ2v) is 6.79. The van der Waals surface area contributed by atoms with Crippen molar-refractivity contribution in [3.05, 3.63) is 17.5 Å². The molecule has 1 fully saturated rings. The molecule has 0 amide bonds. The predicted octanol–water partition coefficient (Wildman–Crippen LogP) is 2.81. The van der Waals surface area contributed by atoms with Crippen LogP contribution in [0.1, 0.15) is 69.2 Å². The summed E-state index contributed by atoms with van der Waals surface area (Å²) in [5, 5.41) is 17.5. The van der Waals surface area contributed by atoms with Gasteiger partial charge in [-0.15, -0.1) is 0 Å². The fraction of sp³-hybridized carbons (Fsp3) is 0.824. The normalized spacial score (nSPS) is 24.8. The summed E-state index contributed by atoms with van der Waals surface area (Å²) < 4.78 is 1.99. The summed E-state index contributed by atoms with van der Waals surface area (Å²) in [4.78, 5) is 0. The SMILES string of the molecule is CC(NC1CCCc2c1cnn2CCO)C1CCCCC1. The van der Waals surface area contributed by atoms with Crippen molar-refractivity contribution in [2.75, 3.05) is 6.61 Å². The van der Waals surface area contributed by atoms with Crippen LogP contribution in [0.4, 0.5) is 0 Å². The number of fused-ring (bicyclic) bond motifs is 1. The highest BCUT2D eigenvalue weighted by Crippen LogP contribution is 2.32. The maximum atomic E-state index is 9.14. The second kappa shape index (κ2) is 6.93. The third-order valence-corrected chi connectivity index (χ3v) is 5.40. The van der Waals surface area contributed by atoms with Crippen LogP contribution in [-0.2, 0) is 13.0 Å². The van der Waals surface area contributed by atoms with Crippen LogP contribution in [0.2, 0.25) is 0 Å². The fourth-order valence-electron chi connectivity index (χ4n) is 4.17. The lowest BCUT2D eigenvalue weighted by Crippen LogP contribution is -2.38. The molecule has 4 nitrogen and oxygen atoms in total. The molecule has 0 radical (unpaired) electrons. The molecular formula is C17H29N3O. The van der Waals surface area contributed by atoms with E-state index in [9.17, 15) is 0 Å². The van der Waals surface area contributed by atoms with Crippen molar-refractivity contribution in [2.24, 2.45) is 5.92 Å². The van der Waals surface area contributed by atoms with Crippen LogP contribution >= 0.6 is 0 Å². The molecule has 21 heavy (non-hydrogen) atoms. The third kappa shape index (κ3) is 3.32. The van der Waals surface area contributed by atoms with Crippen molar-refractivity contribution in [2.45, 2.75) is 76.9 Å². The van der Waals surface area contributed by atoms with Gasteiger partial charge in [0.1, 0.15) is 0 Å². The Morgan fingerprint density at radius 1 is 1.29 bits per heavy atom. The first-order valence-electron chi connectivity index (χ1n) is 8.71. The number of rotatable bonds is 5. The van der Waals surface area contributed by atoms with Crippen molar-refractivity contribution >= 4 is 0 Å². The average Bonchev–Trinajstić information content (AvgIpc) is 2.93. The Morgan fingerprint density at radius 2 is 2.10 bits per heavy atom. The molecule has 2 unspecified atom stereocenters. The molecule has 1 aromatic rings. The molecule has 2 atom stereocenters. The fourth-order valence-corrected chi connectivity index (χ4v) is 4.17. The summed E-state index contributed by atoms with van der Waals surface area (Å²) in [6.07, 6.45) is 12.6. The zero-order valence-electron chi connectivity index (χ0n) is 13.2. The first-order valence-corrected chi connectivity index (χ1v) is 8.71. The first-order chi connectivity index (χ1) is 10.3. The van der Waals surface area contributed by atoms with Gasteiger partial charge >= 0.3 is 0 Å². The predicted molar refractivity (Wildman–Crippen MR) is 84.2 cm³/mol. The van der Waals surface area contributed by atoms with Crippen LogP contribution < -0.4 is 5.32 Å². The van der Waals surface area contributed by atoms with Gasteiger partial charge in [-0.1, -0.05) is 19.3 Å². The number of nitrogens with zero attached hydrogens (tertiary/aromatic N) is 2. The monoisotopic (exact) mass is 291 g/mol. The molecule has 3 rings (SSSR count). The topological polar surface area (TPSA) is 50.1 Å². The zero-order chi connectivity index (χ0) is 14.7. The summed E-state index contributed by atoms with van der Waals surface area (Å²) >= 11 is 0. The van der Waals surface area contributed by atoms with Gasteiger partial charge in [0.2, 0.25) is 0 Å². The largest absolute Gasteiger partial charge is 0.394 e. The molecule has 0 saturated heterocycles. The molecule has 0 spiro atoms. The average molecular weight is 291 g/mol. The minimum Gasteiger partial charge on any atom is -0.394 e. The van der Waals surface area contributed by atoms with Crippen LogP contribution in [0.25, 0.3) is 0 Å². The van der Waals surface area contributed by atoms with Gasteiger partial charge in [0, 0.05) is 23.3 Å². The minimum absolute atomic E-state index is 0.171. The van der Waals surface area contributed by atoms with E-state index >= 15 is 0 Å². The summed E-state index contributed by atoms with van der Waals surface area (Å²) in [6, 6.07) is 1.06. The Hall–Kier alpha value is -0.870. The van der Waals surface area contributed by atoms with E-state index in [4.69, 9.17) is 5.11 Å². The smallest absolute Gasteiger partial charge is 0.0644 e. The van der Waals surface area contributed by atoms with Gasteiger partial charge in [0.05, 0.1) is 19.3 Å². The van der Waals surface area contributed by atoms with E-state index in [1.165, 1.54) is 56.2 Å². The number of nitrogens with one attached hydrogen (secondary N) is 1. The molecule has 118 valence electrons. The molecule has 1 saturated carbocycles. The van der Waals surface area contributed by atoms with E-state index in [0.717, 1.165) is 12.3 Å². The highest BCUT2D eigenvalue weighted by atomic mass is 16.3. The number of hydrogen-bond acceptors (Lipinski definition) is 3. The summed E-state index contributed by atoms with van der Waals surface area (Å²) in [7, 11) is 0. The standard InChI is InChI=1S/C17H29N3O/c1-13(14-6-3-2-4-7-14)19-16-8-5-9-17-15(16)12-18-20(17)10-11-21/h12-14,16,19,21H,2-11H2,1H3. The van der Waals surface area contributed by atoms with Gasteiger partial charge in [-0.2, -0.15) is 5.10 Å². The van der Waals surface area contributed by atoms with E-state index in [1.807, 2.05) is 10.9 Å². The van der Waals surface area contributed by atoms with Gasteiger partial charge < -0.3 is 10.4 Å². The molecule has 2 N–H and O–H groups in total. The summed E-state index contributed by atoms with van der Waals surface area (Å²) in [5.74, 6) is 0.844. The van der Waals surface area contributed by atoms with Gasteiger partial charge in [-0.05, 0) is 44.9 Å². The molecule has 0 bridgehead atoms. The van der Waals surface area contributed by atoms with E-state index in [1.54, 1.807) is 0 Å². The number of aliphatic hydroxyl groups is 1. The molecule has 0 aliphatic heterocycles. The van der Waals surface area contributed by atoms with Crippen molar-refractivity contribution in [3.63, 3.8) is 0 Å². The van der Waals surface area contributed by atoms with Crippen LogP contribution in [0.15, 0.2) is 6.20 Å². The summed E-state index contributed by atoms with van der Waals surface area (Å²) in [6.45, 7) is 3.16. The first kappa shape index (κ1) is 15.0. The molecule has 1 heterocycles. The van der Waals surface area contributed by atoms with Crippen molar-refractivity contribution < 1.29 is 5.11 Å². The van der Waals surface area contributed by atoms with Gasteiger partial charge in [-0.3, -0.25) is 4.68 Å². The van der Waals surface area contributed by atoms with E-state index in [2.05, 4.69) is 17.3 Å². The maximum Gasteiger partial charge on any atom is 0.0644 e. The number of aliphatic hydroxyl groups excluding tert-OH is 1. The van der Waals surface area contributed by atoms with E-state index in [-0.39, 0.29) is 6.61 Å². The third-order valence-electron chi connectivity index (χ3n) is 5.40. The molecule has 2 aliphatic rings. The Balaban J connectivity index is 1.67. The zero-order valence-corrected chi connectivity index (χ0v) is 13.2. The Bertz CT molecular complexity index is 451. The highest BCUT2D eigenvalue weighted by Gasteiger charge is 2.28. The van der Waals surface area contributed by atoms with Gasteiger partial charge in [-0.25, -0.2) is 0 Å². The number of hydrogen-bond donors (Lipinski definition) is 2. The second-order valence-electron chi connectivity index (χ2n) is 6.79. The van der Waals surface area contributed by atoms with Crippen molar-refractivity contribution in [1.29, 1.82) is 0 Å². The maximum absolute atomic E-state index is 9.14. The highest BCUT2D eigenvalue weighted by molar-refractivity contribution is 5.25. The quantitative estimate of drug-likeness (QED) is 0.877. The Kier molecular flexibility index (Phi) is 4.96. The van der Waals surface area contributed by atoms with Gasteiger partial charge in [0.15, 0.2) is 0 Å². The van der Waals surface area contributed by atoms with Crippen LogP contribution in [0.5, 0.6) is 0 Å². The molecule has 2 aliphatic carbocycles. The molecular weight excluding hydrogens is 262 g/mol. The van der Waals surface area contributed by atoms with Crippen LogP contribution in [-0.4, -0.2) is 27.5 Å². The van der Waals surface area contributed by atoms with Gasteiger partial charge in [0.25, 0.3) is 0 Å². The lowest BCUT2D eigenvalue weighted by molar-refractivity contribution is 0.253. The molecule has 1 aromatic heterocycles. The Morgan fingerprint density at radius 3 is 2.86 bits per heavy atom. The van der Waals surface area contributed by atoms with E-state index < -0.39 is 0 Å². The summed E-state index contributed by atoms with van der Waals surface area (Å²) in [5.41, 5.74) is 2.71. The van der Waals surface area contributed by atoms with Crippen molar-refractivity contribution in [3.8, 4) is 0 Å². The van der Waals surface area contributed by atoms with Crippen LogP contribution in [0, 0.1) is 5.92 Å². The minimum atomic E-state index is 0.171. The molecule has 0 aromatic carbocycles. The van der Waals surface area contributed by atoms with E-state index in [0.29, 0.717) is 18.6 Å². The number of aromatic nitrogens is 2. The Labute approximate surface area is 127 Å². The van der Waals surface area contributed by atoms with Crippen molar-refractivity contribution in [1.82, 2.24) is 15.1 Å². The molecule has 4 heteroatoms. The lowest BCUT2D eigenvalue weighted by Gasteiger charge is -2.33. The van der Waals surface area contributed by atoms with Crippen LogP contribution in [0.3, 0.4) is 0 Å².